The molecule has 2 rings (SSSR count). The SMILES string of the molecule is Cc1cc(CNC(=O)c2cc(=O)[nH]cn2)ccc1F. The molecular weight excluding hydrogens is 249 g/mol. The van der Waals surface area contributed by atoms with E-state index in [4.69, 9.17) is 0 Å². The van der Waals surface area contributed by atoms with Gasteiger partial charge in [0.25, 0.3) is 11.5 Å². The molecule has 0 aliphatic heterocycles. The lowest BCUT2D eigenvalue weighted by atomic mass is 10.1. The number of H-pyrrole nitrogens is 1. The average Bonchev–Trinajstić information content (AvgIpc) is 2.40. The first-order chi connectivity index (χ1) is 9.06. The van der Waals surface area contributed by atoms with E-state index in [9.17, 15) is 14.0 Å². The topological polar surface area (TPSA) is 74.8 Å². The first-order valence-corrected chi connectivity index (χ1v) is 5.64. The number of amides is 1. The summed E-state index contributed by atoms with van der Waals surface area (Å²) >= 11 is 0. The van der Waals surface area contributed by atoms with Crippen molar-refractivity contribution in [3.63, 3.8) is 0 Å². The Balaban J connectivity index is 2.04. The van der Waals surface area contributed by atoms with Crippen molar-refractivity contribution in [2.75, 3.05) is 0 Å². The lowest BCUT2D eigenvalue weighted by molar-refractivity contribution is 0.0945. The largest absolute Gasteiger partial charge is 0.347 e. The Hall–Kier alpha value is -2.50. The van der Waals surface area contributed by atoms with Crippen molar-refractivity contribution in [1.82, 2.24) is 15.3 Å². The van der Waals surface area contributed by atoms with Crippen LogP contribution in [0.15, 0.2) is 35.4 Å². The van der Waals surface area contributed by atoms with Gasteiger partial charge in [0.1, 0.15) is 11.5 Å². The van der Waals surface area contributed by atoms with Gasteiger partial charge in [-0.15, -0.1) is 0 Å². The zero-order valence-electron chi connectivity index (χ0n) is 10.2. The molecule has 5 nitrogen and oxygen atoms in total. The van der Waals surface area contributed by atoms with Crippen molar-refractivity contribution in [3.8, 4) is 0 Å². The molecule has 0 aliphatic rings. The molecule has 0 aliphatic carbocycles. The van der Waals surface area contributed by atoms with E-state index in [1.54, 1.807) is 19.1 Å². The van der Waals surface area contributed by atoms with E-state index in [-0.39, 0.29) is 18.1 Å². The molecule has 0 spiro atoms. The van der Waals surface area contributed by atoms with Gasteiger partial charge < -0.3 is 10.3 Å². The Morgan fingerprint density at radius 3 is 2.89 bits per heavy atom. The molecular formula is C13H12FN3O2. The van der Waals surface area contributed by atoms with E-state index >= 15 is 0 Å². The fraction of sp³-hybridized carbons (Fsp3) is 0.154. The minimum absolute atomic E-state index is 0.0441. The minimum Gasteiger partial charge on any atom is -0.347 e. The number of hydrogen-bond donors (Lipinski definition) is 2. The Morgan fingerprint density at radius 2 is 2.21 bits per heavy atom. The number of aryl methyl sites for hydroxylation is 1. The van der Waals surface area contributed by atoms with Crippen LogP contribution >= 0.6 is 0 Å². The third-order valence-electron chi connectivity index (χ3n) is 2.59. The summed E-state index contributed by atoms with van der Waals surface area (Å²) < 4.78 is 13.1. The zero-order chi connectivity index (χ0) is 13.8. The standard InChI is InChI=1S/C13H12FN3O2/c1-8-4-9(2-3-10(8)14)6-15-13(19)11-5-12(18)17-7-16-11/h2-5,7H,6H2,1H3,(H,15,19)(H,16,17,18). The Bertz CT molecular complexity index is 667. The van der Waals surface area contributed by atoms with E-state index in [1.807, 2.05) is 0 Å². The van der Waals surface area contributed by atoms with Gasteiger partial charge in [-0.25, -0.2) is 9.37 Å². The van der Waals surface area contributed by atoms with E-state index < -0.39 is 11.5 Å². The predicted octanol–water partition coefficient (Wildman–Crippen LogP) is 1.15. The molecule has 1 aromatic heterocycles. The van der Waals surface area contributed by atoms with E-state index in [1.165, 1.54) is 12.4 Å². The van der Waals surface area contributed by atoms with Crippen LogP contribution in [0.2, 0.25) is 0 Å². The van der Waals surface area contributed by atoms with Gasteiger partial charge >= 0.3 is 0 Å². The number of carbonyl (C=O) groups excluding carboxylic acids is 1. The number of aromatic nitrogens is 2. The number of hydrogen-bond acceptors (Lipinski definition) is 3. The number of nitrogens with one attached hydrogen (secondary N) is 2. The maximum absolute atomic E-state index is 13.1. The van der Waals surface area contributed by atoms with Crippen LogP contribution in [0, 0.1) is 12.7 Å². The molecule has 0 unspecified atom stereocenters. The maximum Gasteiger partial charge on any atom is 0.270 e. The van der Waals surface area contributed by atoms with Gasteiger partial charge in [0, 0.05) is 12.6 Å². The van der Waals surface area contributed by atoms with Crippen LogP contribution in [0.4, 0.5) is 4.39 Å². The minimum atomic E-state index is -0.451. The Kier molecular flexibility index (Phi) is 3.70. The fourth-order valence-corrected chi connectivity index (χ4v) is 1.58. The summed E-state index contributed by atoms with van der Waals surface area (Å²) in [5.41, 5.74) is 0.943. The summed E-state index contributed by atoms with van der Waals surface area (Å²) in [6, 6.07) is 5.71. The zero-order valence-corrected chi connectivity index (χ0v) is 10.2. The highest BCUT2D eigenvalue weighted by atomic mass is 19.1. The second-order valence-corrected chi connectivity index (χ2v) is 4.06. The third kappa shape index (κ3) is 3.25. The van der Waals surface area contributed by atoms with Crippen molar-refractivity contribution >= 4 is 5.91 Å². The normalized spacial score (nSPS) is 10.2. The summed E-state index contributed by atoms with van der Waals surface area (Å²) in [5.74, 6) is -0.737. The number of rotatable bonds is 3. The van der Waals surface area contributed by atoms with Crippen molar-refractivity contribution in [3.05, 3.63) is 63.6 Å². The summed E-state index contributed by atoms with van der Waals surface area (Å²) in [6.45, 7) is 1.90. The first-order valence-electron chi connectivity index (χ1n) is 5.64. The summed E-state index contributed by atoms with van der Waals surface area (Å²) in [5, 5.41) is 2.61. The number of carbonyl (C=O) groups is 1. The molecule has 1 aromatic carbocycles. The number of benzene rings is 1. The highest BCUT2D eigenvalue weighted by Crippen LogP contribution is 2.08. The van der Waals surface area contributed by atoms with E-state index in [0.717, 1.165) is 11.6 Å². The molecule has 1 heterocycles. The van der Waals surface area contributed by atoms with Gasteiger partial charge in [-0.1, -0.05) is 12.1 Å². The molecule has 1 amide bonds. The van der Waals surface area contributed by atoms with Crippen LogP contribution in [-0.2, 0) is 6.54 Å². The van der Waals surface area contributed by atoms with Crippen LogP contribution < -0.4 is 10.9 Å². The van der Waals surface area contributed by atoms with E-state index in [2.05, 4.69) is 15.3 Å². The van der Waals surface area contributed by atoms with Crippen molar-refractivity contribution < 1.29 is 9.18 Å². The molecule has 0 bridgehead atoms. The molecule has 0 fully saturated rings. The lowest BCUT2D eigenvalue weighted by Crippen LogP contribution is -2.25. The van der Waals surface area contributed by atoms with Crippen LogP contribution in [0.25, 0.3) is 0 Å². The summed E-state index contributed by atoms with van der Waals surface area (Å²) in [6.07, 6.45) is 1.17. The lowest BCUT2D eigenvalue weighted by Gasteiger charge is -2.05. The Morgan fingerprint density at radius 1 is 1.42 bits per heavy atom. The molecule has 0 saturated heterocycles. The predicted molar refractivity (Wildman–Crippen MR) is 67.2 cm³/mol. The number of aromatic amines is 1. The second-order valence-electron chi connectivity index (χ2n) is 4.06. The molecule has 0 saturated carbocycles. The van der Waals surface area contributed by atoms with Crippen LogP contribution in [0.1, 0.15) is 21.6 Å². The second kappa shape index (κ2) is 5.43. The van der Waals surface area contributed by atoms with Crippen molar-refractivity contribution in [2.45, 2.75) is 13.5 Å². The van der Waals surface area contributed by atoms with E-state index in [0.29, 0.717) is 5.56 Å². The van der Waals surface area contributed by atoms with Crippen molar-refractivity contribution in [2.24, 2.45) is 0 Å². The molecule has 6 heteroatoms. The first kappa shape index (κ1) is 12.9. The quantitative estimate of drug-likeness (QED) is 0.870. The molecule has 2 aromatic rings. The van der Waals surface area contributed by atoms with Gasteiger partial charge in [0.15, 0.2) is 0 Å². The van der Waals surface area contributed by atoms with Gasteiger partial charge in [-0.3, -0.25) is 9.59 Å². The summed E-state index contributed by atoms with van der Waals surface area (Å²) in [7, 11) is 0. The third-order valence-corrected chi connectivity index (χ3v) is 2.59. The average molecular weight is 261 g/mol. The number of nitrogens with zero attached hydrogens (tertiary/aromatic N) is 1. The molecule has 98 valence electrons. The van der Waals surface area contributed by atoms with Gasteiger partial charge in [-0.05, 0) is 24.1 Å². The monoisotopic (exact) mass is 261 g/mol. The Labute approximate surface area is 108 Å². The molecule has 2 N–H and O–H groups in total. The van der Waals surface area contributed by atoms with Gasteiger partial charge in [0.2, 0.25) is 0 Å². The summed E-state index contributed by atoms with van der Waals surface area (Å²) in [4.78, 5) is 28.8. The van der Waals surface area contributed by atoms with Crippen LogP contribution in [-0.4, -0.2) is 15.9 Å². The van der Waals surface area contributed by atoms with Gasteiger partial charge in [0.05, 0.1) is 6.33 Å². The molecule has 0 atom stereocenters. The maximum atomic E-state index is 13.1. The molecule has 0 radical (unpaired) electrons. The number of halogens is 1. The van der Waals surface area contributed by atoms with Crippen molar-refractivity contribution in [1.29, 1.82) is 0 Å². The highest BCUT2D eigenvalue weighted by Gasteiger charge is 2.07. The fourth-order valence-electron chi connectivity index (χ4n) is 1.58. The van der Waals surface area contributed by atoms with Gasteiger partial charge in [-0.2, -0.15) is 0 Å². The van der Waals surface area contributed by atoms with Crippen LogP contribution in [0.5, 0.6) is 0 Å². The molecule has 19 heavy (non-hydrogen) atoms. The smallest absolute Gasteiger partial charge is 0.270 e. The van der Waals surface area contributed by atoms with Crippen LogP contribution in [0.3, 0.4) is 0 Å². The highest BCUT2D eigenvalue weighted by molar-refractivity contribution is 5.91.